The van der Waals surface area contributed by atoms with Gasteiger partial charge in [-0.2, -0.15) is 10.1 Å². The molecule has 0 bridgehead atoms. The molecule has 1 saturated carbocycles. The number of aryl methyl sites for hydroxylation is 1. The van der Waals surface area contributed by atoms with Crippen molar-refractivity contribution in [3.8, 4) is 11.4 Å². The Morgan fingerprint density at radius 2 is 2.05 bits per heavy atom. The first kappa shape index (κ1) is 13.3. The molecular weight excluding hydrogens is 256 g/mol. The Kier molecular flexibility index (Phi) is 3.12. The summed E-state index contributed by atoms with van der Waals surface area (Å²) in [7, 11) is 1.88. The summed E-state index contributed by atoms with van der Waals surface area (Å²) in [6, 6.07) is 0. The van der Waals surface area contributed by atoms with Gasteiger partial charge in [0.15, 0.2) is 0 Å². The van der Waals surface area contributed by atoms with Gasteiger partial charge in [-0.15, -0.1) is 0 Å². The molecule has 1 fully saturated rings. The van der Waals surface area contributed by atoms with Crippen LogP contribution in [0.4, 0.5) is 0 Å². The van der Waals surface area contributed by atoms with E-state index in [0.29, 0.717) is 24.6 Å². The molecule has 2 aromatic rings. The summed E-state index contributed by atoms with van der Waals surface area (Å²) in [5, 5.41) is 19.0. The van der Waals surface area contributed by atoms with E-state index < -0.39 is 5.60 Å². The van der Waals surface area contributed by atoms with E-state index in [9.17, 15) is 5.11 Å². The van der Waals surface area contributed by atoms with Crippen molar-refractivity contribution in [2.45, 2.75) is 51.0 Å². The molecule has 0 aromatic carbocycles. The van der Waals surface area contributed by atoms with Crippen molar-refractivity contribution in [1.29, 1.82) is 0 Å². The van der Waals surface area contributed by atoms with E-state index in [-0.39, 0.29) is 5.92 Å². The smallest absolute Gasteiger partial charge is 0.258 e. The van der Waals surface area contributed by atoms with Gasteiger partial charge in [0.1, 0.15) is 5.60 Å². The summed E-state index contributed by atoms with van der Waals surface area (Å²) < 4.78 is 7.06. The van der Waals surface area contributed by atoms with Crippen molar-refractivity contribution in [2.75, 3.05) is 0 Å². The molecule has 2 heterocycles. The molecular formula is C14H20N4O2. The van der Waals surface area contributed by atoms with Crippen LogP contribution < -0.4 is 0 Å². The second kappa shape index (κ2) is 4.70. The van der Waals surface area contributed by atoms with E-state index in [0.717, 1.165) is 24.1 Å². The van der Waals surface area contributed by atoms with Crippen LogP contribution in [0.5, 0.6) is 0 Å². The molecule has 1 N–H and O–H groups in total. The SMILES string of the molecule is CC(C)c1nn(C)cc1-c1noc(C2(O)CCCC2)n1. The molecule has 0 amide bonds. The zero-order valence-corrected chi connectivity index (χ0v) is 12.1. The lowest BCUT2D eigenvalue weighted by Crippen LogP contribution is -2.21. The van der Waals surface area contributed by atoms with E-state index in [4.69, 9.17) is 4.52 Å². The van der Waals surface area contributed by atoms with Crippen LogP contribution in [-0.4, -0.2) is 25.0 Å². The summed E-state index contributed by atoms with van der Waals surface area (Å²) in [4.78, 5) is 4.41. The maximum atomic E-state index is 10.5. The van der Waals surface area contributed by atoms with Crippen molar-refractivity contribution in [2.24, 2.45) is 7.05 Å². The minimum atomic E-state index is -0.939. The van der Waals surface area contributed by atoms with Gasteiger partial charge in [-0.1, -0.05) is 19.0 Å². The van der Waals surface area contributed by atoms with Gasteiger partial charge in [0.2, 0.25) is 5.82 Å². The molecule has 2 aromatic heterocycles. The van der Waals surface area contributed by atoms with E-state index in [2.05, 4.69) is 29.1 Å². The van der Waals surface area contributed by atoms with Gasteiger partial charge in [0.05, 0.1) is 11.3 Å². The van der Waals surface area contributed by atoms with Crippen molar-refractivity contribution >= 4 is 0 Å². The molecule has 0 aliphatic heterocycles. The largest absolute Gasteiger partial charge is 0.380 e. The monoisotopic (exact) mass is 276 g/mol. The Balaban J connectivity index is 1.98. The summed E-state index contributed by atoms with van der Waals surface area (Å²) in [5.41, 5.74) is 0.878. The summed E-state index contributed by atoms with van der Waals surface area (Å²) in [5.74, 6) is 1.13. The van der Waals surface area contributed by atoms with Crippen molar-refractivity contribution < 1.29 is 9.63 Å². The minimum Gasteiger partial charge on any atom is -0.380 e. The Labute approximate surface area is 117 Å². The van der Waals surface area contributed by atoms with Gasteiger partial charge >= 0.3 is 0 Å². The first-order valence-electron chi connectivity index (χ1n) is 7.10. The van der Waals surface area contributed by atoms with Crippen LogP contribution in [0.15, 0.2) is 10.7 Å². The van der Waals surface area contributed by atoms with Crippen molar-refractivity contribution in [3.63, 3.8) is 0 Å². The van der Waals surface area contributed by atoms with Crippen LogP contribution in [0.2, 0.25) is 0 Å². The lowest BCUT2D eigenvalue weighted by Gasteiger charge is -2.15. The Hall–Kier alpha value is -1.69. The normalized spacial score (nSPS) is 18.1. The summed E-state index contributed by atoms with van der Waals surface area (Å²) in [6.07, 6.45) is 5.27. The minimum absolute atomic E-state index is 0.280. The Morgan fingerprint density at radius 3 is 2.70 bits per heavy atom. The number of hydrogen-bond donors (Lipinski definition) is 1. The first-order chi connectivity index (χ1) is 9.49. The zero-order chi connectivity index (χ0) is 14.3. The number of nitrogens with zero attached hydrogens (tertiary/aromatic N) is 4. The van der Waals surface area contributed by atoms with Crippen LogP contribution in [0.1, 0.15) is 57.0 Å². The molecule has 1 aliphatic carbocycles. The fraction of sp³-hybridized carbons (Fsp3) is 0.643. The highest BCUT2D eigenvalue weighted by Crippen LogP contribution is 2.38. The summed E-state index contributed by atoms with van der Waals surface area (Å²) in [6.45, 7) is 4.16. The molecule has 108 valence electrons. The number of hydrogen-bond acceptors (Lipinski definition) is 5. The molecule has 1 aliphatic rings. The third-order valence-corrected chi connectivity index (χ3v) is 3.90. The van der Waals surface area contributed by atoms with Crippen molar-refractivity contribution in [1.82, 2.24) is 19.9 Å². The van der Waals surface area contributed by atoms with Gasteiger partial charge in [-0.3, -0.25) is 4.68 Å². The van der Waals surface area contributed by atoms with Gasteiger partial charge in [-0.25, -0.2) is 0 Å². The molecule has 0 unspecified atom stereocenters. The predicted octanol–water partition coefficient (Wildman–Crippen LogP) is 2.36. The highest BCUT2D eigenvalue weighted by atomic mass is 16.5. The van der Waals surface area contributed by atoms with Gasteiger partial charge in [-0.05, 0) is 31.6 Å². The van der Waals surface area contributed by atoms with E-state index in [1.165, 1.54) is 0 Å². The molecule has 0 atom stereocenters. The second-order valence-electron chi connectivity index (χ2n) is 5.92. The maximum Gasteiger partial charge on any atom is 0.258 e. The zero-order valence-electron chi connectivity index (χ0n) is 12.1. The third kappa shape index (κ3) is 2.14. The average molecular weight is 276 g/mol. The van der Waals surface area contributed by atoms with Gasteiger partial charge in [0, 0.05) is 13.2 Å². The lowest BCUT2D eigenvalue weighted by atomic mass is 10.0. The first-order valence-corrected chi connectivity index (χ1v) is 7.10. The number of rotatable bonds is 3. The average Bonchev–Trinajstić information content (AvgIpc) is 3.06. The molecule has 20 heavy (non-hydrogen) atoms. The topological polar surface area (TPSA) is 77.0 Å². The van der Waals surface area contributed by atoms with Gasteiger partial charge in [0.25, 0.3) is 5.89 Å². The van der Waals surface area contributed by atoms with Crippen LogP contribution in [-0.2, 0) is 12.6 Å². The molecule has 6 nitrogen and oxygen atoms in total. The molecule has 0 saturated heterocycles. The van der Waals surface area contributed by atoms with Crippen LogP contribution in [0, 0.1) is 0 Å². The van der Waals surface area contributed by atoms with E-state index in [1.807, 2.05) is 13.2 Å². The highest BCUT2D eigenvalue weighted by Gasteiger charge is 2.39. The third-order valence-electron chi connectivity index (χ3n) is 3.90. The van der Waals surface area contributed by atoms with E-state index >= 15 is 0 Å². The molecule has 0 radical (unpaired) electrons. The number of aliphatic hydroxyl groups is 1. The quantitative estimate of drug-likeness (QED) is 0.931. The standard InChI is InChI=1S/C14H20N4O2/c1-9(2)11-10(8-18(3)16-11)12-15-13(20-17-12)14(19)6-4-5-7-14/h8-9,19H,4-7H2,1-3H3. The number of aromatic nitrogens is 4. The molecule has 0 spiro atoms. The fourth-order valence-corrected chi connectivity index (χ4v) is 2.80. The van der Waals surface area contributed by atoms with E-state index in [1.54, 1.807) is 4.68 Å². The Bertz CT molecular complexity index is 608. The van der Waals surface area contributed by atoms with Gasteiger partial charge < -0.3 is 9.63 Å². The lowest BCUT2D eigenvalue weighted by molar-refractivity contribution is 0.0112. The maximum absolute atomic E-state index is 10.5. The molecule has 6 heteroatoms. The Morgan fingerprint density at radius 1 is 1.35 bits per heavy atom. The van der Waals surface area contributed by atoms with Crippen LogP contribution >= 0.6 is 0 Å². The predicted molar refractivity (Wildman–Crippen MR) is 73.0 cm³/mol. The second-order valence-corrected chi connectivity index (χ2v) is 5.92. The molecule has 3 rings (SSSR count). The highest BCUT2D eigenvalue weighted by molar-refractivity contribution is 5.57. The van der Waals surface area contributed by atoms with Crippen molar-refractivity contribution in [3.05, 3.63) is 17.8 Å². The van der Waals surface area contributed by atoms with Crippen LogP contribution in [0.3, 0.4) is 0 Å². The summed E-state index contributed by atoms with van der Waals surface area (Å²) >= 11 is 0. The fourth-order valence-electron chi connectivity index (χ4n) is 2.80. The van der Waals surface area contributed by atoms with Crippen LogP contribution in [0.25, 0.3) is 11.4 Å².